The highest BCUT2D eigenvalue weighted by atomic mass is 79.9. The number of hydrogen-bond donors (Lipinski definition) is 4. The highest BCUT2D eigenvalue weighted by molar-refractivity contribution is 9.10. The number of anilines is 2. The number of thiocarbonyl (C=S) groups is 2. The van der Waals surface area contributed by atoms with Gasteiger partial charge in [0.2, 0.25) is 5.91 Å². The highest BCUT2D eigenvalue weighted by Gasteiger charge is 2.11. The van der Waals surface area contributed by atoms with E-state index in [0.717, 1.165) is 0 Å². The maximum absolute atomic E-state index is 12.2. The Hall–Kier alpha value is -2.36. The molecule has 0 aliphatic heterocycles. The van der Waals surface area contributed by atoms with Crippen LogP contribution in [-0.2, 0) is 4.79 Å². The van der Waals surface area contributed by atoms with Crippen LogP contribution in [0, 0.1) is 0 Å². The lowest BCUT2D eigenvalue weighted by Crippen LogP contribution is -2.34. The Morgan fingerprint density at radius 2 is 1.35 bits per heavy atom. The van der Waals surface area contributed by atoms with Gasteiger partial charge in [-0.25, -0.2) is 0 Å². The van der Waals surface area contributed by atoms with E-state index in [1.54, 1.807) is 42.5 Å². The SMILES string of the molecule is CC(=O)NC(=S)Nc1ccc(NC(=S)NC(=O)c2ccccc2Br)cc1. The third-order valence-electron chi connectivity index (χ3n) is 3.04. The van der Waals surface area contributed by atoms with E-state index in [0.29, 0.717) is 21.4 Å². The summed E-state index contributed by atoms with van der Waals surface area (Å²) in [6.07, 6.45) is 0. The van der Waals surface area contributed by atoms with E-state index in [1.165, 1.54) is 6.92 Å². The van der Waals surface area contributed by atoms with Crippen LogP contribution in [0.4, 0.5) is 11.4 Å². The maximum atomic E-state index is 12.2. The maximum Gasteiger partial charge on any atom is 0.258 e. The summed E-state index contributed by atoms with van der Waals surface area (Å²) in [4.78, 5) is 23.1. The molecule has 0 heterocycles. The number of carbonyl (C=O) groups is 2. The number of hydrogen-bond acceptors (Lipinski definition) is 4. The number of benzene rings is 2. The fourth-order valence-corrected chi connectivity index (χ4v) is 2.87. The molecular weight excluding hydrogens is 436 g/mol. The summed E-state index contributed by atoms with van der Waals surface area (Å²) in [5.41, 5.74) is 1.89. The zero-order valence-electron chi connectivity index (χ0n) is 13.6. The summed E-state index contributed by atoms with van der Waals surface area (Å²) in [5, 5.41) is 11.3. The van der Waals surface area contributed by atoms with Gasteiger partial charge in [0.15, 0.2) is 10.2 Å². The first kappa shape index (κ1) is 20.0. The second-order valence-corrected chi connectivity index (χ2v) is 6.77. The molecule has 0 saturated carbocycles. The lowest BCUT2D eigenvalue weighted by Gasteiger charge is -2.12. The van der Waals surface area contributed by atoms with E-state index in [-0.39, 0.29) is 22.0 Å². The molecule has 26 heavy (non-hydrogen) atoms. The van der Waals surface area contributed by atoms with E-state index in [1.807, 2.05) is 6.07 Å². The summed E-state index contributed by atoms with van der Waals surface area (Å²) in [5.74, 6) is -0.555. The van der Waals surface area contributed by atoms with Gasteiger partial charge in [-0.1, -0.05) is 12.1 Å². The number of amides is 2. The summed E-state index contributed by atoms with van der Waals surface area (Å²) in [6, 6.07) is 14.1. The Morgan fingerprint density at radius 1 is 0.846 bits per heavy atom. The average Bonchev–Trinajstić information content (AvgIpc) is 2.56. The third-order valence-corrected chi connectivity index (χ3v) is 4.14. The predicted molar refractivity (Wildman–Crippen MR) is 114 cm³/mol. The summed E-state index contributed by atoms with van der Waals surface area (Å²) >= 11 is 13.5. The van der Waals surface area contributed by atoms with Crippen molar-refractivity contribution in [1.29, 1.82) is 0 Å². The van der Waals surface area contributed by atoms with E-state index >= 15 is 0 Å². The quantitative estimate of drug-likeness (QED) is 0.536. The number of halogens is 1. The van der Waals surface area contributed by atoms with Crippen molar-refractivity contribution in [2.45, 2.75) is 6.92 Å². The van der Waals surface area contributed by atoms with Crippen molar-refractivity contribution in [3.8, 4) is 0 Å². The molecule has 0 fully saturated rings. The normalized spacial score (nSPS) is 9.77. The van der Waals surface area contributed by atoms with Gasteiger partial charge in [0.25, 0.3) is 5.91 Å². The zero-order chi connectivity index (χ0) is 19.1. The minimum Gasteiger partial charge on any atom is -0.332 e. The van der Waals surface area contributed by atoms with Crippen molar-refractivity contribution in [3.63, 3.8) is 0 Å². The molecule has 0 saturated heterocycles. The Kier molecular flexibility index (Phi) is 7.19. The fourth-order valence-electron chi connectivity index (χ4n) is 1.94. The molecule has 2 aromatic carbocycles. The molecular formula is C17H15BrN4O2S2. The number of nitrogens with one attached hydrogen (secondary N) is 4. The van der Waals surface area contributed by atoms with Crippen LogP contribution in [-0.4, -0.2) is 22.0 Å². The summed E-state index contributed by atoms with van der Waals surface area (Å²) < 4.78 is 0.686. The molecule has 134 valence electrons. The van der Waals surface area contributed by atoms with Gasteiger partial charge in [0.1, 0.15) is 0 Å². The van der Waals surface area contributed by atoms with E-state index in [4.69, 9.17) is 24.4 Å². The van der Waals surface area contributed by atoms with Gasteiger partial charge in [-0.15, -0.1) is 0 Å². The average molecular weight is 451 g/mol. The van der Waals surface area contributed by atoms with Crippen LogP contribution in [0.2, 0.25) is 0 Å². The van der Waals surface area contributed by atoms with Gasteiger partial charge in [0.05, 0.1) is 5.56 Å². The van der Waals surface area contributed by atoms with Crippen LogP contribution in [0.1, 0.15) is 17.3 Å². The Bertz CT molecular complexity index is 856. The molecule has 0 radical (unpaired) electrons. The van der Waals surface area contributed by atoms with Gasteiger partial charge >= 0.3 is 0 Å². The molecule has 0 aromatic heterocycles. The van der Waals surface area contributed by atoms with E-state index < -0.39 is 0 Å². The molecule has 0 bridgehead atoms. The van der Waals surface area contributed by atoms with Crippen LogP contribution in [0.5, 0.6) is 0 Å². The number of carbonyl (C=O) groups excluding carboxylic acids is 2. The second kappa shape index (κ2) is 9.37. The highest BCUT2D eigenvalue weighted by Crippen LogP contribution is 2.16. The fraction of sp³-hybridized carbons (Fsp3) is 0.0588. The number of rotatable bonds is 3. The molecule has 4 N–H and O–H groups in total. The smallest absolute Gasteiger partial charge is 0.258 e. The molecule has 2 aromatic rings. The Labute approximate surface area is 169 Å². The van der Waals surface area contributed by atoms with Gasteiger partial charge < -0.3 is 16.0 Å². The van der Waals surface area contributed by atoms with Crippen molar-refractivity contribution in [2.75, 3.05) is 10.6 Å². The van der Waals surface area contributed by atoms with Gasteiger partial charge in [-0.05, 0) is 76.8 Å². The van der Waals surface area contributed by atoms with Gasteiger partial charge in [-0.2, -0.15) is 0 Å². The Morgan fingerprint density at radius 3 is 1.85 bits per heavy atom. The first-order valence-corrected chi connectivity index (χ1v) is 9.01. The Balaban J connectivity index is 1.91. The van der Waals surface area contributed by atoms with Crippen molar-refractivity contribution in [2.24, 2.45) is 0 Å². The topological polar surface area (TPSA) is 82.3 Å². The van der Waals surface area contributed by atoms with Crippen LogP contribution in [0.15, 0.2) is 53.0 Å². The van der Waals surface area contributed by atoms with Gasteiger partial charge in [-0.3, -0.25) is 14.9 Å². The van der Waals surface area contributed by atoms with Crippen molar-refractivity contribution < 1.29 is 9.59 Å². The summed E-state index contributed by atoms with van der Waals surface area (Å²) in [7, 11) is 0. The molecule has 0 aliphatic rings. The predicted octanol–water partition coefficient (Wildman–Crippen LogP) is 3.41. The molecule has 2 amide bonds. The zero-order valence-corrected chi connectivity index (χ0v) is 16.8. The largest absolute Gasteiger partial charge is 0.332 e. The van der Waals surface area contributed by atoms with Crippen LogP contribution in [0.3, 0.4) is 0 Å². The monoisotopic (exact) mass is 450 g/mol. The van der Waals surface area contributed by atoms with Crippen molar-refractivity contribution in [1.82, 2.24) is 10.6 Å². The second-order valence-electron chi connectivity index (χ2n) is 5.10. The molecule has 2 rings (SSSR count). The molecule has 6 nitrogen and oxygen atoms in total. The van der Waals surface area contributed by atoms with E-state index in [9.17, 15) is 9.59 Å². The first-order valence-electron chi connectivity index (χ1n) is 7.40. The molecule has 0 aliphatic carbocycles. The molecule has 0 unspecified atom stereocenters. The minimum atomic E-state index is -0.311. The third kappa shape index (κ3) is 6.17. The lowest BCUT2D eigenvalue weighted by molar-refractivity contribution is -0.117. The standard InChI is InChI=1S/C17H15BrN4O2S2/c1-10(23)19-16(25)20-11-6-8-12(9-7-11)21-17(26)22-15(24)13-4-2-3-5-14(13)18/h2-9H,1H3,(H2,19,20,23,25)(H2,21,22,24,26). The molecule has 0 spiro atoms. The van der Waals surface area contributed by atoms with Crippen LogP contribution < -0.4 is 21.3 Å². The molecule has 0 atom stereocenters. The molecule has 9 heteroatoms. The first-order chi connectivity index (χ1) is 12.3. The van der Waals surface area contributed by atoms with Crippen LogP contribution in [0.25, 0.3) is 0 Å². The van der Waals surface area contributed by atoms with Gasteiger partial charge in [0, 0.05) is 22.8 Å². The summed E-state index contributed by atoms with van der Waals surface area (Å²) in [6.45, 7) is 1.38. The van der Waals surface area contributed by atoms with Crippen molar-refractivity contribution in [3.05, 3.63) is 58.6 Å². The van der Waals surface area contributed by atoms with Crippen molar-refractivity contribution >= 4 is 73.8 Å². The van der Waals surface area contributed by atoms with E-state index in [2.05, 4.69) is 37.2 Å². The minimum absolute atomic E-state index is 0.181. The van der Waals surface area contributed by atoms with Crippen LogP contribution >= 0.6 is 40.4 Å². The lowest BCUT2D eigenvalue weighted by atomic mass is 10.2.